The Kier molecular flexibility index (Phi) is 3.12. The van der Waals surface area contributed by atoms with Gasteiger partial charge in [-0.15, -0.1) is 6.58 Å². The Labute approximate surface area is 132 Å². The van der Waals surface area contributed by atoms with Gasteiger partial charge in [0.2, 0.25) is 0 Å². The molecule has 0 saturated heterocycles. The van der Waals surface area contributed by atoms with Crippen LogP contribution in [0.15, 0.2) is 61.2 Å². The van der Waals surface area contributed by atoms with E-state index >= 15 is 0 Å². The molecule has 4 aromatic rings. The molecule has 0 spiro atoms. The normalized spacial score (nSPS) is 11.2. The first-order valence-electron chi connectivity index (χ1n) is 7.26. The molecule has 0 fully saturated rings. The summed E-state index contributed by atoms with van der Waals surface area (Å²) in [6, 6.07) is 13.9. The molecule has 0 aliphatic heterocycles. The molecule has 0 N–H and O–H groups in total. The van der Waals surface area contributed by atoms with E-state index in [0.29, 0.717) is 23.7 Å². The van der Waals surface area contributed by atoms with Gasteiger partial charge in [-0.3, -0.25) is 0 Å². The van der Waals surface area contributed by atoms with Crippen LogP contribution in [0.2, 0.25) is 0 Å². The van der Waals surface area contributed by atoms with Crippen molar-refractivity contribution in [1.82, 2.24) is 19.5 Å². The summed E-state index contributed by atoms with van der Waals surface area (Å²) in [5, 5.41) is 0. The van der Waals surface area contributed by atoms with E-state index in [0.717, 1.165) is 16.6 Å². The molecular weight excluding hydrogens is 291 g/mol. The number of hydrogen-bond acceptors (Lipinski definition) is 3. The standard InChI is InChI=1S/C18H13FN4/c1-2-11-23-17(12-7-9-13(19)10-8-12)22-16-18(23)21-15-6-4-3-5-14(15)20-16/h2-10H,1,11H2. The van der Waals surface area contributed by atoms with Crippen molar-refractivity contribution in [2.24, 2.45) is 0 Å². The lowest BCUT2D eigenvalue weighted by molar-refractivity contribution is 0.628. The predicted octanol–water partition coefficient (Wildman–Crippen LogP) is 3.97. The minimum absolute atomic E-state index is 0.276. The molecule has 4 rings (SSSR count). The Morgan fingerprint density at radius 3 is 2.35 bits per heavy atom. The van der Waals surface area contributed by atoms with E-state index < -0.39 is 0 Å². The van der Waals surface area contributed by atoms with Crippen LogP contribution in [0.1, 0.15) is 0 Å². The maximum Gasteiger partial charge on any atom is 0.198 e. The molecule has 0 unspecified atom stereocenters. The van der Waals surface area contributed by atoms with Gasteiger partial charge in [0.05, 0.1) is 11.0 Å². The van der Waals surface area contributed by atoms with Gasteiger partial charge in [-0.25, -0.2) is 19.3 Å². The monoisotopic (exact) mass is 304 g/mol. The molecule has 2 heterocycles. The van der Waals surface area contributed by atoms with E-state index in [4.69, 9.17) is 0 Å². The zero-order valence-electron chi connectivity index (χ0n) is 12.3. The number of rotatable bonds is 3. The Bertz CT molecular complexity index is 1020. The van der Waals surface area contributed by atoms with E-state index in [1.807, 2.05) is 28.8 Å². The summed E-state index contributed by atoms with van der Waals surface area (Å²) in [4.78, 5) is 13.9. The minimum Gasteiger partial charge on any atom is -0.303 e. The van der Waals surface area contributed by atoms with Crippen molar-refractivity contribution in [3.63, 3.8) is 0 Å². The number of fused-ring (bicyclic) bond motifs is 2. The minimum atomic E-state index is -0.276. The lowest BCUT2D eigenvalue weighted by atomic mass is 10.2. The second kappa shape index (κ2) is 5.28. The molecule has 2 aromatic heterocycles. The van der Waals surface area contributed by atoms with Crippen LogP contribution in [0.25, 0.3) is 33.7 Å². The molecule has 0 atom stereocenters. The molecule has 0 aliphatic rings. The van der Waals surface area contributed by atoms with Gasteiger partial charge in [-0.1, -0.05) is 18.2 Å². The molecule has 0 saturated carbocycles. The Morgan fingerprint density at radius 1 is 0.957 bits per heavy atom. The molecule has 5 heteroatoms. The number of aromatic nitrogens is 4. The second-order valence-electron chi connectivity index (χ2n) is 5.20. The average molecular weight is 304 g/mol. The van der Waals surface area contributed by atoms with Crippen LogP contribution in [0.4, 0.5) is 4.39 Å². The van der Waals surface area contributed by atoms with E-state index in [9.17, 15) is 4.39 Å². The number of imidazole rings is 1. The first-order chi connectivity index (χ1) is 11.3. The maximum absolute atomic E-state index is 13.2. The molecule has 0 aliphatic carbocycles. The number of para-hydroxylation sites is 2. The number of halogens is 1. The number of benzene rings is 2. The van der Waals surface area contributed by atoms with Crippen molar-refractivity contribution in [2.45, 2.75) is 6.54 Å². The summed E-state index contributed by atoms with van der Waals surface area (Å²) in [5.41, 5.74) is 3.70. The smallest absolute Gasteiger partial charge is 0.198 e. The van der Waals surface area contributed by atoms with Gasteiger partial charge in [-0.05, 0) is 36.4 Å². The fourth-order valence-electron chi connectivity index (χ4n) is 2.62. The van der Waals surface area contributed by atoms with Crippen LogP contribution in [0.5, 0.6) is 0 Å². The van der Waals surface area contributed by atoms with Gasteiger partial charge in [0.25, 0.3) is 0 Å². The third kappa shape index (κ3) is 2.26. The largest absolute Gasteiger partial charge is 0.303 e. The topological polar surface area (TPSA) is 43.6 Å². The average Bonchev–Trinajstić information content (AvgIpc) is 2.92. The van der Waals surface area contributed by atoms with Gasteiger partial charge in [0, 0.05) is 12.1 Å². The third-order valence-corrected chi connectivity index (χ3v) is 3.67. The fraction of sp³-hybridized carbons (Fsp3) is 0.0556. The molecule has 2 aromatic carbocycles. The van der Waals surface area contributed by atoms with Crippen LogP contribution < -0.4 is 0 Å². The molecule has 4 nitrogen and oxygen atoms in total. The van der Waals surface area contributed by atoms with Crippen molar-refractivity contribution in [3.05, 3.63) is 67.0 Å². The first kappa shape index (κ1) is 13.6. The summed E-state index contributed by atoms with van der Waals surface area (Å²) in [5.74, 6) is 0.428. The van der Waals surface area contributed by atoms with Gasteiger partial charge in [-0.2, -0.15) is 0 Å². The fourth-order valence-corrected chi connectivity index (χ4v) is 2.62. The zero-order valence-corrected chi connectivity index (χ0v) is 12.3. The summed E-state index contributed by atoms with van der Waals surface area (Å²) < 4.78 is 15.1. The molecule has 0 amide bonds. The molecular formula is C18H13FN4. The van der Waals surface area contributed by atoms with Crippen LogP contribution in [0, 0.1) is 5.82 Å². The summed E-state index contributed by atoms with van der Waals surface area (Å²) >= 11 is 0. The van der Waals surface area contributed by atoms with Crippen molar-refractivity contribution in [2.75, 3.05) is 0 Å². The predicted molar refractivity (Wildman–Crippen MR) is 88.4 cm³/mol. The van der Waals surface area contributed by atoms with Crippen LogP contribution in [-0.4, -0.2) is 19.5 Å². The SMILES string of the molecule is C=CCn1c(-c2ccc(F)cc2)nc2nc3ccccc3nc21. The Morgan fingerprint density at radius 2 is 1.65 bits per heavy atom. The highest BCUT2D eigenvalue weighted by atomic mass is 19.1. The van der Waals surface area contributed by atoms with Crippen molar-refractivity contribution >= 4 is 22.3 Å². The number of allylic oxidation sites excluding steroid dienone is 1. The van der Waals surface area contributed by atoms with E-state index in [1.165, 1.54) is 12.1 Å². The maximum atomic E-state index is 13.2. The zero-order chi connectivity index (χ0) is 15.8. The molecule has 0 bridgehead atoms. The summed E-state index contributed by atoms with van der Waals surface area (Å²) in [6.45, 7) is 4.35. The van der Waals surface area contributed by atoms with Gasteiger partial charge in [0.1, 0.15) is 11.6 Å². The first-order valence-corrected chi connectivity index (χ1v) is 7.26. The summed E-state index contributed by atoms with van der Waals surface area (Å²) in [6.07, 6.45) is 1.78. The Balaban J connectivity index is 2.02. The third-order valence-electron chi connectivity index (χ3n) is 3.67. The Hall–Kier alpha value is -3.08. The lowest BCUT2D eigenvalue weighted by Crippen LogP contribution is -2.00. The molecule has 23 heavy (non-hydrogen) atoms. The molecule has 112 valence electrons. The van der Waals surface area contributed by atoms with Crippen molar-refractivity contribution < 1.29 is 4.39 Å². The van der Waals surface area contributed by atoms with Crippen LogP contribution in [0.3, 0.4) is 0 Å². The number of nitrogens with zero attached hydrogens (tertiary/aromatic N) is 4. The highest BCUT2D eigenvalue weighted by Crippen LogP contribution is 2.24. The van der Waals surface area contributed by atoms with Crippen LogP contribution >= 0.6 is 0 Å². The van der Waals surface area contributed by atoms with E-state index in [2.05, 4.69) is 21.5 Å². The van der Waals surface area contributed by atoms with E-state index in [1.54, 1.807) is 18.2 Å². The highest BCUT2D eigenvalue weighted by Gasteiger charge is 2.15. The second-order valence-corrected chi connectivity index (χ2v) is 5.20. The van der Waals surface area contributed by atoms with Gasteiger partial charge < -0.3 is 4.57 Å². The quantitative estimate of drug-likeness (QED) is 0.538. The van der Waals surface area contributed by atoms with E-state index in [-0.39, 0.29) is 5.82 Å². The van der Waals surface area contributed by atoms with Gasteiger partial charge >= 0.3 is 0 Å². The van der Waals surface area contributed by atoms with Crippen LogP contribution in [-0.2, 0) is 6.54 Å². The highest BCUT2D eigenvalue weighted by molar-refractivity contribution is 5.84. The van der Waals surface area contributed by atoms with Crippen molar-refractivity contribution in [3.8, 4) is 11.4 Å². The summed E-state index contributed by atoms with van der Waals surface area (Å²) in [7, 11) is 0. The lowest BCUT2D eigenvalue weighted by Gasteiger charge is -2.05. The van der Waals surface area contributed by atoms with Crippen molar-refractivity contribution in [1.29, 1.82) is 0 Å². The van der Waals surface area contributed by atoms with Gasteiger partial charge in [0.15, 0.2) is 11.3 Å². The number of hydrogen-bond donors (Lipinski definition) is 0. The molecule has 0 radical (unpaired) electrons.